The summed E-state index contributed by atoms with van der Waals surface area (Å²) in [5.41, 5.74) is 2.08. The lowest BCUT2D eigenvalue weighted by Gasteiger charge is -2.33. The van der Waals surface area contributed by atoms with Crippen molar-refractivity contribution in [1.82, 2.24) is 10.2 Å². The summed E-state index contributed by atoms with van der Waals surface area (Å²) < 4.78 is 34.4. The molecule has 0 saturated heterocycles. The fraction of sp³-hybridized carbons (Fsp3) is 0.355. The van der Waals surface area contributed by atoms with Gasteiger partial charge in [-0.05, 0) is 80.1 Å². The number of hydrogen-bond donors (Lipinski definition) is 1. The van der Waals surface area contributed by atoms with E-state index >= 15 is 0 Å². The number of anilines is 1. The molecule has 10 heteroatoms. The molecule has 0 aliphatic heterocycles. The molecule has 0 spiro atoms. The molecule has 0 aromatic heterocycles. The van der Waals surface area contributed by atoms with Gasteiger partial charge < -0.3 is 15.0 Å². The largest absolute Gasteiger partial charge is 0.497 e. The van der Waals surface area contributed by atoms with E-state index in [1.165, 1.54) is 16.7 Å². The zero-order valence-corrected chi connectivity index (χ0v) is 25.9. The highest BCUT2D eigenvalue weighted by atomic mass is 32.2. The molecule has 0 fully saturated rings. The van der Waals surface area contributed by atoms with Gasteiger partial charge in [0.15, 0.2) is 0 Å². The molecule has 0 bridgehead atoms. The van der Waals surface area contributed by atoms with Crippen LogP contribution in [0, 0.1) is 6.92 Å². The Kier molecular flexibility index (Phi) is 11.7. The highest BCUT2D eigenvalue weighted by Crippen LogP contribution is 2.27. The number of ether oxygens (including phenoxy) is 1. The van der Waals surface area contributed by atoms with Gasteiger partial charge in [-0.25, -0.2) is 8.42 Å². The van der Waals surface area contributed by atoms with Gasteiger partial charge in [-0.2, -0.15) is 0 Å². The average molecular weight is 598 g/mol. The maximum absolute atomic E-state index is 14.1. The van der Waals surface area contributed by atoms with Crippen molar-refractivity contribution < 1.29 is 22.7 Å². The summed E-state index contributed by atoms with van der Waals surface area (Å²) in [5, 5.41) is 2.89. The number of sulfonamides is 1. The van der Waals surface area contributed by atoms with Crippen LogP contribution in [0.25, 0.3) is 0 Å². The second kappa shape index (κ2) is 14.9. The minimum absolute atomic E-state index is 0.0794. The van der Waals surface area contributed by atoms with E-state index in [9.17, 15) is 18.0 Å². The van der Waals surface area contributed by atoms with Crippen LogP contribution in [0.3, 0.4) is 0 Å². The van der Waals surface area contributed by atoms with E-state index in [1.54, 1.807) is 67.8 Å². The fourth-order valence-electron chi connectivity index (χ4n) is 4.37. The minimum atomic E-state index is -4.11. The molecule has 3 rings (SSSR count). The Morgan fingerprint density at radius 1 is 1.00 bits per heavy atom. The van der Waals surface area contributed by atoms with Gasteiger partial charge in [-0.15, -0.1) is 11.8 Å². The van der Waals surface area contributed by atoms with E-state index in [0.717, 1.165) is 26.7 Å². The summed E-state index contributed by atoms with van der Waals surface area (Å²) in [7, 11) is -2.55. The number of hydrogen-bond acceptors (Lipinski definition) is 6. The van der Waals surface area contributed by atoms with Gasteiger partial charge in [-0.1, -0.05) is 43.7 Å². The lowest BCUT2D eigenvalue weighted by molar-refractivity contribution is -0.140. The van der Waals surface area contributed by atoms with Crippen molar-refractivity contribution in [2.24, 2.45) is 0 Å². The average Bonchev–Trinajstić information content (AvgIpc) is 2.99. The summed E-state index contributed by atoms with van der Waals surface area (Å²) in [6.07, 6.45) is 3.03. The predicted molar refractivity (Wildman–Crippen MR) is 165 cm³/mol. The van der Waals surface area contributed by atoms with Gasteiger partial charge in [0, 0.05) is 18.0 Å². The summed E-state index contributed by atoms with van der Waals surface area (Å²) in [6.45, 7) is 5.81. The molecule has 1 atom stereocenters. The van der Waals surface area contributed by atoms with E-state index in [-0.39, 0.29) is 17.3 Å². The molecule has 1 N–H and O–H groups in total. The second-order valence-corrected chi connectivity index (χ2v) is 12.4. The van der Waals surface area contributed by atoms with Crippen LogP contribution in [0.1, 0.15) is 37.8 Å². The van der Waals surface area contributed by atoms with Crippen molar-refractivity contribution in [3.8, 4) is 5.75 Å². The number of rotatable bonds is 14. The Labute approximate surface area is 248 Å². The Morgan fingerprint density at radius 3 is 2.27 bits per heavy atom. The number of thioether (sulfide) groups is 1. The number of nitrogens with one attached hydrogen (secondary N) is 1. The number of amides is 2. The highest BCUT2D eigenvalue weighted by Gasteiger charge is 2.33. The number of nitrogens with zero attached hydrogens (tertiary/aromatic N) is 2. The molecule has 0 aliphatic carbocycles. The summed E-state index contributed by atoms with van der Waals surface area (Å²) in [4.78, 5) is 29.8. The topological polar surface area (TPSA) is 96.0 Å². The maximum Gasteiger partial charge on any atom is 0.264 e. The molecule has 3 aromatic carbocycles. The Hall–Kier alpha value is -3.50. The molecular formula is C31H39N3O5S2. The van der Waals surface area contributed by atoms with Gasteiger partial charge in [-0.3, -0.25) is 13.9 Å². The van der Waals surface area contributed by atoms with Crippen LogP contribution in [-0.2, 0) is 26.2 Å². The van der Waals surface area contributed by atoms with Crippen LogP contribution >= 0.6 is 11.8 Å². The number of methoxy groups -OCH3 is 1. The highest BCUT2D eigenvalue weighted by molar-refractivity contribution is 7.98. The molecule has 41 heavy (non-hydrogen) atoms. The van der Waals surface area contributed by atoms with Crippen LogP contribution < -0.4 is 14.4 Å². The van der Waals surface area contributed by atoms with Gasteiger partial charge >= 0.3 is 0 Å². The molecular weight excluding hydrogens is 558 g/mol. The Balaban J connectivity index is 2.05. The third-order valence-electron chi connectivity index (χ3n) is 6.67. The van der Waals surface area contributed by atoms with Crippen LogP contribution in [0.4, 0.5) is 5.69 Å². The van der Waals surface area contributed by atoms with Gasteiger partial charge in [0.25, 0.3) is 10.0 Å². The van der Waals surface area contributed by atoms with Gasteiger partial charge in [0.1, 0.15) is 18.3 Å². The first-order chi connectivity index (χ1) is 19.6. The number of benzene rings is 3. The minimum Gasteiger partial charge on any atom is -0.497 e. The van der Waals surface area contributed by atoms with E-state index in [0.29, 0.717) is 24.4 Å². The molecule has 3 aromatic rings. The third kappa shape index (κ3) is 8.27. The van der Waals surface area contributed by atoms with Crippen LogP contribution in [-0.4, -0.2) is 57.6 Å². The zero-order chi connectivity index (χ0) is 30.0. The number of carbonyl (C=O) groups excluding carboxylic acids is 2. The lowest BCUT2D eigenvalue weighted by atomic mass is 10.1. The Morgan fingerprint density at radius 2 is 1.68 bits per heavy atom. The SMILES string of the molecule is CCCNC(=O)C(CC)N(Cc1cccc(OC)c1)C(=O)CN(c1ccc(C)cc1)S(=O)(=O)c1ccc(SC)cc1. The molecule has 0 heterocycles. The molecule has 0 radical (unpaired) electrons. The van der Waals surface area contributed by atoms with Crippen molar-refractivity contribution in [1.29, 1.82) is 0 Å². The fourth-order valence-corrected chi connectivity index (χ4v) is 6.19. The van der Waals surface area contributed by atoms with Gasteiger partial charge in [0.05, 0.1) is 17.7 Å². The third-order valence-corrected chi connectivity index (χ3v) is 9.20. The molecule has 220 valence electrons. The van der Waals surface area contributed by atoms with E-state index < -0.39 is 28.5 Å². The van der Waals surface area contributed by atoms with Crippen LogP contribution in [0.15, 0.2) is 82.6 Å². The monoisotopic (exact) mass is 597 g/mol. The molecule has 0 saturated carbocycles. The van der Waals surface area contributed by atoms with E-state index in [1.807, 2.05) is 39.2 Å². The van der Waals surface area contributed by atoms with Crippen LogP contribution in [0.5, 0.6) is 5.75 Å². The predicted octanol–water partition coefficient (Wildman–Crippen LogP) is 5.25. The summed E-state index contributed by atoms with van der Waals surface area (Å²) in [6, 6.07) is 20.1. The molecule has 2 amide bonds. The Bertz CT molecular complexity index is 1410. The maximum atomic E-state index is 14.1. The first-order valence-electron chi connectivity index (χ1n) is 13.6. The molecule has 1 unspecified atom stereocenters. The lowest BCUT2D eigenvalue weighted by Crippen LogP contribution is -2.52. The second-order valence-electron chi connectivity index (χ2n) is 9.61. The van der Waals surface area contributed by atoms with Crippen molar-refractivity contribution in [2.45, 2.75) is 56.0 Å². The normalized spacial score (nSPS) is 11.9. The van der Waals surface area contributed by atoms with Crippen molar-refractivity contribution in [3.05, 3.63) is 83.9 Å². The van der Waals surface area contributed by atoms with Gasteiger partial charge in [0.2, 0.25) is 11.8 Å². The van der Waals surface area contributed by atoms with Crippen molar-refractivity contribution >= 4 is 39.3 Å². The standard InChI is InChI=1S/C31H39N3O5S2/c1-6-19-32-31(36)29(7-2)33(21-24-9-8-10-26(20-24)39-4)30(35)22-34(25-13-11-23(3)12-14-25)41(37,38)28-17-15-27(40-5)16-18-28/h8-18,20,29H,6-7,19,21-22H2,1-5H3,(H,32,36). The number of carbonyl (C=O) groups is 2. The molecule has 0 aliphatic rings. The quantitative estimate of drug-likeness (QED) is 0.255. The zero-order valence-electron chi connectivity index (χ0n) is 24.3. The van der Waals surface area contributed by atoms with Crippen molar-refractivity contribution in [2.75, 3.05) is 30.8 Å². The van der Waals surface area contributed by atoms with Crippen LogP contribution in [0.2, 0.25) is 0 Å². The first kappa shape index (κ1) is 32.0. The summed E-state index contributed by atoms with van der Waals surface area (Å²) >= 11 is 1.51. The smallest absolute Gasteiger partial charge is 0.264 e. The summed E-state index contributed by atoms with van der Waals surface area (Å²) in [5.74, 6) is -0.143. The van der Waals surface area contributed by atoms with Crippen molar-refractivity contribution in [3.63, 3.8) is 0 Å². The first-order valence-corrected chi connectivity index (χ1v) is 16.2. The molecule has 8 nitrogen and oxygen atoms in total. The number of aryl methyl sites for hydroxylation is 1. The van der Waals surface area contributed by atoms with E-state index in [2.05, 4.69) is 5.32 Å². The van der Waals surface area contributed by atoms with E-state index in [4.69, 9.17) is 4.74 Å².